The molecule has 1 aromatic rings. The molecule has 0 radical (unpaired) electrons. The molecule has 2 amide bonds. The lowest BCUT2D eigenvalue weighted by atomic mass is 9.95. The minimum atomic E-state index is -0.499. The highest BCUT2D eigenvalue weighted by Gasteiger charge is 2.27. The molecular weight excluding hydrogens is 364 g/mol. The van der Waals surface area contributed by atoms with Gasteiger partial charge in [0, 0.05) is 31.9 Å². The van der Waals surface area contributed by atoms with Crippen molar-refractivity contribution < 1.29 is 9.59 Å². The second-order valence-electron chi connectivity index (χ2n) is 8.84. The summed E-state index contributed by atoms with van der Waals surface area (Å²) in [6.07, 6.45) is 8.93. The van der Waals surface area contributed by atoms with Crippen molar-refractivity contribution in [2.75, 3.05) is 38.1 Å². The monoisotopic (exact) mass is 398 g/mol. The first kappa shape index (κ1) is 20.2. The van der Waals surface area contributed by atoms with Crippen LogP contribution < -0.4 is 15.5 Å². The van der Waals surface area contributed by atoms with Gasteiger partial charge < -0.3 is 15.5 Å². The van der Waals surface area contributed by atoms with Crippen LogP contribution in [0.15, 0.2) is 18.2 Å². The molecule has 1 atom stereocenters. The van der Waals surface area contributed by atoms with Crippen molar-refractivity contribution in [2.24, 2.45) is 0 Å². The topological polar surface area (TPSA) is 64.7 Å². The smallest absolute Gasteiger partial charge is 0.309 e. The maximum absolute atomic E-state index is 12.4. The molecule has 158 valence electrons. The van der Waals surface area contributed by atoms with Crippen molar-refractivity contribution in [3.63, 3.8) is 0 Å². The predicted molar refractivity (Wildman–Crippen MR) is 115 cm³/mol. The lowest BCUT2D eigenvalue weighted by Gasteiger charge is -2.29. The summed E-state index contributed by atoms with van der Waals surface area (Å²) in [5, 5.41) is 5.84. The molecule has 29 heavy (non-hydrogen) atoms. The Kier molecular flexibility index (Phi) is 6.38. The van der Waals surface area contributed by atoms with E-state index in [4.69, 9.17) is 0 Å². The first-order valence-corrected chi connectivity index (χ1v) is 11.3. The third kappa shape index (κ3) is 4.74. The number of carbonyl (C=O) groups excluding carboxylic acids is 2. The Bertz CT molecular complexity index is 738. The number of anilines is 1. The van der Waals surface area contributed by atoms with Crippen LogP contribution in [0.1, 0.15) is 62.1 Å². The number of nitrogens with one attached hydrogen (secondary N) is 2. The van der Waals surface area contributed by atoms with Gasteiger partial charge in [-0.2, -0.15) is 0 Å². The van der Waals surface area contributed by atoms with Crippen LogP contribution in [0.4, 0.5) is 5.69 Å². The third-order valence-corrected chi connectivity index (χ3v) is 6.80. The molecule has 2 fully saturated rings. The number of carbonyl (C=O) groups is 2. The summed E-state index contributed by atoms with van der Waals surface area (Å²) in [4.78, 5) is 29.5. The molecule has 1 aliphatic carbocycles. The van der Waals surface area contributed by atoms with E-state index in [1.54, 1.807) is 0 Å². The van der Waals surface area contributed by atoms with Gasteiger partial charge in [-0.25, -0.2) is 0 Å². The molecular formula is C23H34N4O2. The van der Waals surface area contributed by atoms with Gasteiger partial charge in [0.05, 0.1) is 6.04 Å². The predicted octanol–water partition coefficient (Wildman–Crippen LogP) is 2.38. The van der Waals surface area contributed by atoms with Crippen LogP contribution in [0.25, 0.3) is 0 Å². The molecule has 0 aromatic heterocycles. The van der Waals surface area contributed by atoms with Crippen LogP contribution in [0, 0.1) is 0 Å². The summed E-state index contributed by atoms with van der Waals surface area (Å²) in [5.41, 5.74) is 3.94. The average Bonchev–Trinajstić information content (AvgIpc) is 3.39. The molecule has 3 aliphatic rings. The molecule has 0 unspecified atom stereocenters. The molecule has 2 aliphatic heterocycles. The summed E-state index contributed by atoms with van der Waals surface area (Å²) in [6, 6.07) is 6.98. The molecule has 6 heteroatoms. The van der Waals surface area contributed by atoms with Gasteiger partial charge >= 0.3 is 11.8 Å². The highest BCUT2D eigenvalue weighted by atomic mass is 16.2. The molecule has 0 spiro atoms. The van der Waals surface area contributed by atoms with Crippen molar-refractivity contribution in [3.05, 3.63) is 29.3 Å². The van der Waals surface area contributed by atoms with Crippen molar-refractivity contribution in [2.45, 2.75) is 63.5 Å². The highest BCUT2D eigenvalue weighted by Crippen LogP contribution is 2.32. The number of amides is 2. The van der Waals surface area contributed by atoms with E-state index < -0.39 is 11.8 Å². The Labute approximate surface area is 174 Å². The third-order valence-electron chi connectivity index (χ3n) is 6.80. The number of nitrogens with zero attached hydrogens (tertiary/aromatic N) is 2. The van der Waals surface area contributed by atoms with Gasteiger partial charge in [0.25, 0.3) is 0 Å². The maximum Gasteiger partial charge on any atom is 0.309 e. The molecule has 1 saturated heterocycles. The lowest BCUT2D eigenvalue weighted by Crippen LogP contribution is -2.47. The fourth-order valence-corrected chi connectivity index (χ4v) is 5.07. The molecule has 2 N–H and O–H groups in total. The number of rotatable bonds is 5. The van der Waals surface area contributed by atoms with Gasteiger partial charge in [0.2, 0.25) is 0 Å². The van der Waals surface area contributed by atoms with Crippen molar-refractivity contribution in [3.8, 4) is 0 Å². The number of likely N-dealkylation sites (N-methyl/N-ethyl adjacent to an activating group) is 1. The minimum Gasteiger partial charge on any atom is -0.374 e. The second-order valence-corrected chi connectivity index (χ2v) is 8.84. The van der Waals surface area contributed by atoms with Crippen LogP contribution in [0.2, 0.25) is 0 Å². The Balaban J connectivity index is 1.40. The van der Waals surface area contributed by atoms with Gasteiger partial charge in [-0.05, 0) is 62.4 Å². The first-order valence-electron chi connectivity index (χ1n) is 11.3. The summed E-state index contributed by atoms with van der Waals surface area (Å²) in [6.45, 7) is 3.63. The molecule has 0 bridgehead atoms. The van der Waals surface area contributed by atoms with E-state index >= 15 is 0 Å². The van der Waals surface area contributed by atoms with E-state index in [1.165, 1.54) is 36.1 Å². The first-order chi connectivity index (χ1) is 14.1. The Morgan fingerprint density at radius 1 is 1.03 bits per heavy atom. The summed E-state index contributed by atoms with van der Waals surface area (Å²) in [5.74, 6) is -0.978. The Hall–Kier alpha value is -2.08. The largest absolute Gasteiger partial charge is 0.374 e. The SMILES string of the molecule is CN1CCc2cc([C@H](CNC(=O)C(=O)NC3CCCCC3)N3CCCC3)ccc21. The van der Waals surface area contributed by atoms with Gasteiger partial charge in [0.1, 0.15) is 0 Å². The van der Waals surface area contributed by atoms with E-state index in [2.05, 4.69) is 45.7 Å². The highest BCUT2D eigenvalue weighted by molar-refractivity contribution is 6.35. The van der Waals surface area contributed by atoms with Crippen molar-refractivity contribution in [1.82, 2.24) is 15.5 Å². The van der Waals surface area contributed by atoms with Crippen molar-refractivity contribution in [1.29, 1.82) is 0 Å². The van der Waals surface area contributed by atoms with E-state index in [9.17, 15) is 9.59 Å². The average molecular weight is 399 g/mol. The Morgan fingerprint density at radius 2 is 1.79 bits per heavy atom. The van der Waals surface area contributed by atoms with Gasteiger partial charge in [0.15, 0.2) is 0 Å². The Morgan fingerprint density at radius 3 is 2.55 bits per heavy atom. The van der Waals surface area contributed by atoms with Gasteiger partial charge in [-0.15, -0.1) is 0 Å². The molecule has 4 rings (SSSR count). The number of benzene rings is 1. The zero-order chi connectivity index (χ0) is 20.2. The minimum absolute atomic E-state index is 0.125. The molecule has 2 heterocycles. The van der Waals surface area contributed by atoms with E-state index in [0.29, 0.717) is 6.54 Å². The van der Waals surface area contributed by atoms with E-state index in [0.717, 1.165) is 51.7 Å². The number of fused-ring (bicyclic) bond motifs is 1. The molecule has 1 aromatic carbocycles. The number of likely N-dealkylation sites (tertiary alicyclic amines) is 1. The van der Waals surface area contributed by atoms with Gasteiger partial charge in [-0.3, -0.25) is 14.5 Å². The maximum atomic E-state index is 12.4. The van der Waals surface area contributed by atoms with Crippen LogP contribution in [0.3, 0.4) is 0 Å². The number of hydrogen-bond acceptors (Lipinski definition) is 4. The standard InChI is InChI=1S/C23H34N4O2/c1-26-14-11-18-15-17(9-10-20(18)26)21(27-12-5-6-13-27)16-24-22(28)23(29)25-19-7-3-2-4-8-19/h9-10,15,19,21H,2-8,11-14,16H2,1H3,(H,24,28)(H,25,29)/t21-/m0/s1. The lowest BCUT2D eigenvalue weighted by molar-refractivity contribution is -0.139. The number of hydrogen-bond donors (Lipinski definition) is 2. The normalized spacial score (nSPS) is 21.1. The summed E-state index contributed by atoms with van der Waals surface area (Å²) < 4.78 is 0. The van der Waals surface area contributed by atoms with Crippen LogP contribution in [-0.4, -0.2) is 56.0 Å². The molecule has 1 saturated carbocycles. The fraction of sp³-hybridized carbons (Fsp3) is 0.652. The van der Waals surface area contributed by atoms with Crippen LogP contribution >= 0.6 is 0 Å². The molecule has 6 nitrogen and oxygen atoms in total. The zero-order valence-corrected chi connectivity index (χ0v) is 17.6. The van der Waals surface area contributed by atoms with Gasteiger partial charge in [-0.1, -0.05) is 31.4 Å². The van der Waals surface area contributed by atoms with E-state index in [-0.39, 0.29) is 12.1 Å². The van der Waals surface area contributed by atoms with Crippen LogP contribution in [-0.2, 0) is 16.0 Å². The quantitative estimate of drug-likeness (QED) is 0.748. The zero-order valence-electron chi connectivity index (χ0n) is 17.6. The summed E-state index contributed by atoms with van der Waals surface area (Å²) >= 11 is 0. The van der Waals surface area contributed by atoms with Crippen LogP contribution in [0.5, 0.6) is 0 Å². The second kappa shape index (κ2) is 9.16. The summed E-state index contributed by atoms with van der Waals surface area (Å²) in [7, 11) is 2.13. The van der Waals surface area contributed by atoms with Crippen molar-refractivity contribution >= 4 is 17.5 Å². The fourth-order valence-electron chi connectivity index (χ4n) is 5.07. The van der Waals surface area contributed by atoms with E-state index in [1.807, 2.05) is 0 Å².